The maximum Gasteiger partial charge on any atom is 0.129 e. The highest BCUT2D eigenvalue weighted by molar-refractivity contribution is 8.00. The second kappa shape index (κ2) is 6.82. The van der Waals surface area contributed by atoms with Crippen LogP contribution < -0.4 is 10.2 Å². The summed E-state index contributed by atoms with van der Waals surface area (Å²) >= 11 is 8.25. The number of hydrogen-bond donors (Lipinski definition) is 1. The van der Waals surface area contributed by atoms with Crippen molar-refractivity contribution in [2.75, 3.05) is 23.7 Å². The van der Waals surface area contributed by atoms with Gasteiger partial charge in [0, 0.05) is 36.7 Å². The average molecular weight is 300 g/mol. The van der Waals surface area contributed by atoms with E-state index in [4.69, 9.17) is 16.6 Å². The van der Waals surface area contributed by atoms with Gasteiger partial charge in [0.2, 0.25) is 0 Å². The van der Waals surface area contributed by atoms with Crippen molar-refractivity contribution in [1.82, 2.24) is 10.3 Å². The molecule has 3 nitrogen and oxygen atoms in total. The molecule has 19 heavy (non-hydrogen) atoms. The highest BCUT2D eigenvalue weighted by atomic mass is 35.5. The molecule has 106 valence electrons. The molecular weight excluding hydrogens is 278 g/mol. The summed E-state index contributed by atoms with van der Waals surface area (Å²) in [5, 5.41) is 4.79. The smallest absolute Gasteiger partial charge is 0.129 e. The van der Waals surface area contributed by atoms with Gasteiger partial charge in [-0.25, -0.2) is 4.98 Å². The molecule has 1 atom stereocenters. The zero-order valence-corrected chi connectivity index (χ0v) is 13.4. The van der Waals surface area contributed by atoms with Gasteiger partial charge in [0.05, 0.1) is 10.7 Å². The van der Waals surface area contributed by atoms with Gasteiger partial charge in [0.25, 0.3) is 0 Å². The summed E-state index contributed by atoms with van der Waals surface area (Å²) in [5.74, 6) is 2.22. The molecule has 0 bridgehead atoms. The summed E-state index contributed by atoms with van der Waals surface area (Å²) in [6.45, 7) is 9.39. The fourth-order valence-corrected chi connectivity index (χ4v) is 3.29. The molecule has 0 aliphatic carbocycles. The third-order valence-electron chi connectivity index (χ3n) is 3.15. The first kappa shape index (κ1) is 14.9. The molecular formula is C14H22ClN3S. The molecule has 2 heterocycles. The lowest BCUT2D eigenvalue weighted by molar-refractivity contribution is 0.581. The Kier molecular flexibility index (Phi) is 5.37. The molecule has 1 fully saturated rings. The normalized spacial score (nSPS) is 20.1. The Labute approximate surface area is 125 Å². The standard InChI is InChI=1S/C14H22ClN3S/c1-10(2)16-8-13-12(15)4-5-14(17-13)18-6-7-19-11(3)9-18/h4-5,10-11,16H,6-9H2,1-3H3. The van der Waals surface area contributed by atoms with Crippen molar-refractivity contribution in [2.24, 2.45) is 0 Å². The summed E-state index contributed by atoms with van der Waals surface area (Å²) in [7, 11) is 0. The fraction of sp³-hybridized carbons (Fsp3) is 0.643. The number of hydrogen-bond acceptors (Lipinski definition) is 4. The third-order valence-corrected chi connectivity index (χ3v) is 4.63. The number of pyridine rings is 1. The molecule has 0 aromatic carbocycles. The van der Waals surface area contributed by atoms with E-state index >= 15 is 0 Å². The Morgan fingerprint density at radius 2 is 2.32 bits per heavy atom. The Morgan fingerprint density at radius 1 is 1.53 bits per heavy atom. The number of nitrogens with zero attached hydrogens (tertiary/aromatic N) is 2. The fourth-order valence-electron chi connectivity index (χ4n) is 2.10. The molecule has 1 aromatic rings. The maximum absolute atomic E-state index is 6.22. The third kappa shape index (κ3) is 4.26. The Balaban J connectivity index is 2.10. The minimum atomic E-state index is 0.438. The molecule has 0 saturated carbocycles. The molecule has 1 aliphatic rings. The summed E-state index contributed by atoms with van der Waals surface area (Å²) in [5.41, 5.74) is 0.943. The molecule has 1 saturated heterocycles. The van der Waals surface area contributed by atoms with Gasteiger partial charge in [-0.1, -0.05) is 32.4 Å². The second-order valence-corrected chi connectivity index (χ2v) is 7.21. The van der Waals surface area contributed by atoms with Crippen LogP contribution in [0.1, 0.15) is 26.5 Å². The van der Waals surface area contributed by atoms with Crippen molar-refractivity contribution >= 4 is 29.2 Å². The van der Waals surface area contributed by atoms with E-state index in [2.05, 4.69) is 31.0 Å². The molecule has 1 unspecified atom stereocenters. The lowest BCUT2D eigenvalue weighted by Crippen LogP contribution is -2.37. The van der Waals surface area contributed by atoms with Crippen LogP contribution in [0.2, 0.25) is 5.02 Å². The quantitative estimate of drug-likeness (QED) is 0.924. The van der Waals surface area contributed by atoms with E-state index in [9.17, 15) is 0 Å². The molecule has 0 amide bonds. The van der Waals surface area contributed by atoms with Gasteiger partial charge in [-0.05, 0) is 12.1 Å². The van der Waals surface area contributed by atoms with E-state index in [-0.39, 0.29) is 0 Å². The number of nitrogens with one attached hydrogen (secondary N) is 1. The number of aromatic nitrogens is 1. The van der Waals surface area contributed by atoms with Crippen LogP contribution in [-0.4, -0.2) is 35.1 Å². The minimum Gasteiger partial charge on any atom is -0.355 e. The highest BCUT2D eigenvalue weighted by Crippen LogP contribution is 2.24. The molecule has 0 radical (unpaired) electrons. The van der Waals surface area contributed by atoms with Crippen LogP contribution in [0.3, 0.4) is 0 Å². The van der Waals surface area contributed by atoms with Crippen LogP contribution in [0.15, 0.2) is 12.1 Å². The zero-order chi connectivity index (χ0) is 13.8. The first-order valence-electron chi connectivity index (χ1n) is 6.81. The molecule has 1 aromatic heterocycles. The first-order valence-corrected chi connectivity index (χ1v) is 8.24. The van der Waals surface area contributed by atoms with Crippen molar-refractivity contribution in [1.29, 1.82) is 0 Å². The lowest BCUT2D eigenvalue weighted by Gasteiger charge is -2.31. The molecule has 5 heteroatoms. The van der Waals surface area contributed by atoms with Crippen molar-refractivity contribution in [2.45, 2.75) is 38.6 Å². The van der Waals surface area contributed by atoms with Crippen LogP contribution >= 0.6 is 23.4 Å². The summed E-state index contributed by atoms with van der Waals surface area (Å²) < 4.78 is 0. The number of rotatable bonds is 4. The van der Waals surface area contributed by atoms with Crippen LogP contribution in [0.25, 0.3) is 0 Å². The molecule has 1 aliphatic heterocycles. The number of halogens is 1. The summed E-state index contributed by atoms with van der Waals surface area (Å²) in [6, 6.07) is 4.44. The van der Waals surface area contributed by atoms with E-state index in [1.54, 1.807) is 0 Å². The zero-order valence-electron chi connectivity index (χ0n) is 11.8. The maximum atomic E-state index is 6.22. The molecule has 0 spiro atoms. The van der Waals surface area contributed by atoms with Gasteiger partial charge in [-0.3, -0.25) is 0 Å². The van der Waals surface area contributed by atoms with E-state index in [0.29, 0.717) is 11.3 Å². The molecule has 2 rings (SSSR count). The SMILES string of the molecule is CC(C)NCc1nc(N2CCSC(C)C2)ccc1Cl. The number of thioether (sulfide) groups is 1. The minimum absolute atomic E-state index is 0.438. The highest BCUT2D eigenvalue weighted by Gasteiger charge is 2.18. The monoisotopic (exact) mass is 299 g/mol. The Hall–Kier alpha value is -0.450. The second-order valence-electron chi connectivity index (χ2n) is 5.26. The van der Waals surface area contributed by atoms with Gasteiger partial charge in [0.1, 0.15) is 5.82 Å². The summed E-state index contributed by atoms with van der Waals surface area (Å²) in [6.07, 6.45) is 0. The first-order chi connectivity index (χ1) is 9.06. The van der Waals surface area contributed by atoms with Crippen LogP contribution in [0.4, 0.5) is 5.82 Å². The van der Waals surface area contributed by atoms with Gasteiger partial charge < -0.3 is 10.2 Å². The van der Waals surface area contributed by atoms with Crippen molar-refractivity contribution in [3.63, 3.8) is 0 Å². The van der Waals surface area contributed by atoms with Crippen molar-refractivity contribution < 1.29 is 0 Å². The van der Waals surface area contributed by atoms with Crippen molar-refractivity contribution in [3.05, 3.63) is 22.8 Å². The predicted molar refractivity (Wildman–Crippen MR) is 85.4 cm³/mol. The predicted octanol–water partition coefficient (Wildman–Crippen LogP) is 3.17. The largest absolute Gasteiger partial charge is 0.355 e. The Bertz CT molecular complexity index is 425. The van der Waals surface area contributed by atoms with Crippen LogP contribution in [0, 0.1) is 0 Å². The average Bonchev–Trinajstić information content (AvgIpc) is 2.37. The van der Waals surface area contributed by atoms with Gasteiger partial charge in [-0.15, -0.1) is 0 Å². The van der Waals surface area contributed by atoms with Crippen LogP contribution in [-0.2, 0) is 6.54 Å². The van der Waals surface area contributed by atoms with E-state index in [1.807, 2.05) is 23.9 Å². The van der Waals surface area contributed by atoms with Gasteiger partial charge >= 0.3 is 0 Å². The van der Waals surface area contributed by atoms with Crippen molar-refractivity contribution in [3.8, 4) is 0 Å². The van der Waals surface area contributed by atoms with E-state index in [1.165, 1.54) is 5.75 Å². The number of anilines is 1. The lowest BCUT2D eigenvalue weighted by atomic mass is 10.3. The Morgan fingerprint density at radius 3 is 3.00 bits per heavy atom. The molecule has 1 N–H and O–H groups in total. The van der Waals surface area contributed by atoms with Crippen LogP contribution in [0.5, 0.6) is 0 Å². The van der Waals surface area contributed by atoms with Gasteiger partial charge in [-0.2, -0.15) is 11.8 Å². The summed E-state index contributed by atoms with van der Waals surface area (Å²) in [4.78, 5) is 7.08. The van der Waals surface area contributed by atoms with E-state index in [0.717, 1.165) is 36.2 Å². The van der Waals surface area contributed by atoms with Gasteiger partial charge in [0.15, 0.2) is 0 Å². The van der Waals surface area contributed by atoms with E-state index < -0.39 is 0 Å². The topological polar surface area (TPSA) is 28.2 Å².